The molecule has 0 aliphatic rings. The summed E-state index contributed by atoms with van der Waals surface area (Å²) in [6, 6.07) is 2.00. The molecule has 0 aromatic carbocycles. The second kappa shape index (κ2) is 5.16. The average Bonchev–Trinajstić information content (AvgIpc) is 3.07. The molecule has 0 saturated heterocycles. The van der Waals surface area contributed by atoms with Crippen LogP contribution >= 0.6 is 34.0 Å². The zero-order chi connectivity index (χ0) is 13.2. The van der Waals surface area contributed by atoms with Crippen LogP contribution in [0, 0.1) is 6.92 Å². The topological polar surface area (TPSA) is 67.8 Å². The Morgan fingerprint density at radius 2 is 2.32 bits per heavy atom. The predicted octanol–water partition coefficient (Wildman–Crippen LogP) is 3.28. The third-order valence-electron chi connectivity index (χ3n) is 2.35. The number of rotatable bonds is 3. The molecule has 0 atom stereocenters. The molecule has 96 valence electrons. The van der Waals surface area contributed by atoms with Gasteiger partial charge in [0.05, 0.1) is 5.69 Å². The van der Waals surface area contributed by atoms with Crippen molar-refractivity contribution in [2.75, 3.05) is 5.32 Å². The number of aromatic nitrogens is 3. The van der Waals surface area contributed by atoms with Gasteiger partial charge in [-0.05, 0) is 18.4 Å². The lowest BCUT2D eigenvalue weighted by Gasteiger charge is -1.97. The molecular formula is C11H8N4OS3. The number of aryl methyl sites for hydroxylation is 1. The van der Waals surface area contributed by atoms with Crippen LogP contribution in [0.5, 0.6) is 0 Å². The number of nitrogens with one attached hydrogen (secondary N) is 1. The number of nitrogens with zero attached hydrogens (tertiary/aromatic N) is 3. The van der Waals surface area contributed by atoms with Gasteiger partial charge in [0.15, 0.2) is 0 Å². The number of anilines is 1. The van der Waals surface area contributed by atoms with Gasteiger partial charge < -0.3 is 0 Å². The van der Waals surface area contributed by atoms with Gasteiger partial charge in [-0.1, -0.05) is 11.3 Å². The summed E-state index contributed by atoms with van der Waals surface area (Å²) in [6.45, 7) is 1.83. The smallest absolute Gasteiger partial charge is 0.269 e. The van der Waals surface area contributed by atoms with Crippen LogP contribution in [0.15, 0.2) is 22.3 Å². The maximum absolute atomic E-state index is 12.1. The number of hydrogen-bond donors (Lipinski definition) is 1. The minimum absolute atomic E-state index is 0.187. The molecule has 0 aliphatic heterocycles. The molecule has 0 radical (unpaired) electrons. The van der Waals surface area contributed by atoms with Crippen LogP contribution in [-0.2, 0) is 0 Å². The van der Waals surface area contributed by atoms with Crippen molar-refractivity contribution in [1.29, 1.82) is 0 Å². The SMILES string of the molecule is Cc1nc(-c2ccsc2)sc1C(=O)Nc1nncs1. The number of amides is 1. The van der Waals surface area contributed by atoms with Crippen molar-refractivity contribution in [2.45, 2.75) is 6.92 Å². The first-order valence-electron chi connectivity index (χ1n) is 5.31. The van der Waals surface area contributed by atoms with Crippen molar-refractivity contribution >= 4 is 45.0 Å². The number of carbonyl (C=O) groups is 1. The molecule has 19 heavy (non-hydrogen) atoms. The van der Waals surface area contributed by atoms with E-state index in [0.29, 0.717) is 10.0 Å². The first-order valence-corrected chi connectivity index (χ1v) is 7.95. The first kappa shape index (κ1) is 12.4. The fraction of sp³-hybridized carbons (Fsp3) is 0.0909. The van der Waals surface area contributed by atoms with Crippen LogP contribution in [0.2, 0.25) is 0 Å². The van der Waals surface area contributed by atoms with E-state index in [1.165, 1.54) is 22.7 Å². The van der Waals surface area contributed by atoms with Crippen molar-refractivity contribution in [3.05, 3.63) is 32.9 Å². The van der Waals surface area contributed by atoms with Crippen molar-refractivity contribution < 1.29 is 4.79 Å². The molecule has 3 aromatic heterocycles. The Labute approximate surface area is 121 Å². The molecular weight excluding hydrogens is 300 g/mol. The molecule has 0 bridgehead atoms. The van der Waals surface area contributed by atoms with E-state index in [0.717, 1.165) is 16.3 Å². The summed E-state index contributed by atoms with van der Waals surface area (Å²) in [5.74, 6) is -0.187. The lowest BCUT2D eigenvalue weighted by atomic mass is 10.3. The van der Waals surface area contributed by atoms with Crippen molar-refractivity contribution in [3.63, 3.8) is 0 Å². The lowest BCUT2D eigenvalue weighted by molar-refractivity contribution is 0.102. The van der Waals surface area contributed by atoms with Crippen LogP contribution in [0.3, 0.4) is 0 Å². The maximum Gasteiger partial charge on any atom is 0.269 e. The number of carbonyl (C=O) groups excluding carboxylic acids is 1. The Kier molecular flexibility index (Phi) is 3.36. The average molecular weight is 308 g/mol. The predicted molar refractivity (Wildman–Crippen MR) is 78.0 cm³/mol. The summed E-state index contributed by atoms with van der Waals surface area (Å²) in [6.07, 6.45) is 0. The fourth-order valence-corrected chi connectivity index (χ4v) is 3.61. The Morgan fingerprint density at radius 1 is 1.42 bits per heavy atom. The quantitative estimate of drug-likeness (QED) is 0.806. The minimum Gasteiger partial charge on any atom is -0.296 e. The molecule has 3 rings (SSSR count). The Bertz CT molecular complexity index is 688. The highest BCUT2D eigenvalue weighted by Gasteiger charge is 2.17. The molecule has 1 amide bonds. The van der Waals surface area contributed by atoms with E-state index in [4.69, 9.17) is 0 Å². The standard InChI is InChI=1S/C11H8N4OS3/c1-6-8(9(16)14-11-15-12-5-18-11)19-10(13-6)7-2-3-17-4-7/h2-5H,1H3,(H,14,15,16). The summed E-state index contributed by atoms with van der Waals surface area (Å²) < 4.78 is 0. The Balaban J connectivity index is 1.87. The highest BCUT2D eigenvalue weighted by Crippen LogP contribution is 2.29. The fourth-order valence-electron chi connectivity index (χ4n) is 1.50. The van der Waals surface area contributed by atoms with Gasteiger partial charge in [-0.2, -0.15) is 11.3 Å². The molecule has 1 N–H and O–H groups in total. The molecule has 3 aromatic rings. The van der Waals surface area contributed by atoms with Gasteiger partial charge in [-0.3, -0.25) is 10.1 Å². The summed E-state index contributed by atoms with van der Waals surface area (Å²) >= 11 is 4.29. The summed E-state index contributed by atoms with van der Waals surface area (Å²) in [4.78, 5) is 17.2. The molecule has 0 saturated carbocycles. The molecule has 8 heteroatoms. The lowest BCUT2D eigenvalue weighted by Crippen LogP contribution is -2.11. The van der Waals surface area contributed by atoms with Crippen LogP contribution in [0.25, 0.3) is 10.6 Å². The molecule has 0 spiro atoms. The van der Waals surface area contributed by atoms with Gasteiger partial charge in [-0.15, -0.1) is 21.5 Å². The monoisotopic (exact) mass is 308 g/mol. The zero-order valence-corrected chi connectivity index (χ0v) is 12.2. The normalized spacial score (nSPS) is 10.6. The van der Waals surface area contributed by atoms with E-state index < -0.39 is 0 Å². The second-order valence-corrected chi connectivity index (χ2v) is 6.26. The van der Waals surface area contributed by atoms with Crippen LogP contribution in [0.1, 0.15) is 15.4 Å². The van der Waals surface area contributed by atoms with Crippen molar-refractivity contribution in [3.8, 4) is 10.6 Å². The van der Waals surface area contributed by atoms with E-state index in [1.807, 2.05) is 23.8 Å². The van der Waals surface area contributed by atoms with Crippen LogP contribution < -0.4 is 5.32 Å². The largest absolute Gasteiger partial charge is 0.296 e. The van der Waals surface area contributed by atoms with Gasteiger partial charge in [-0.25, -0.2) is 4.98 Å². The van der Waals surface area contributed by atoms with E-state index >= 15 is 0 Å². The maximum atomic E-state index is 12.1. The summed E-state index contributed by atoms with van der Waals surface area (Å²) in [5.41, 5.74) is 3.35. The molecule has 0 aliphatic carbocycles. The first-order chi connectivity index (χ1) is 9.24. The molecule has 5 nitrogen and oxygen atoms in total. The Hall–Kier alpha value is -1.64. The van der Waals surface area contributed by atoms with Crippen LogP contribution in [-0.4, -0.2) is 21.1 Å². The van der Waals surface area contributed by atoms with Crippen molar-refractivity contribution in [1.82, 2.24) is 15.2 Å². The third kappa shape index (κ3) is 2.55. The van der Waals surface area contributed by atoms with Gasteiger partial charge in [0.1, 0.15) is 15.4 Å². The minimum atomic E-state index is -0.187. The third-order valence-corrected chi connectivity index (χ3v) is 4.85. The van der Waals surface area contributed by atoms with Crippen LogP contribution in [0.4, 0.5) is 5.13 Å². The highest BCUT2D eigenvalue weighted by molar-refractivity contribution is 7.18. The molecule has 0 fully saturated rings. The van der Waals surface area contributed by atoms with Gasteiger partial charge in [0, 0.05) is 10.9 Å². The zero-order valence-electron chi connectivity index (χ0n) is 9.78. The van der Waals surface area contributed by atoms with Crippen molar-refractivity contribution in [2.24, 2.45) is 0 Å². The number of thiophene rings is 1. The second-order valence-electron chi connectivity index (χ2n) is 3.64. The Morgan fingerprint density at radius 3 is 3.00 bits per heavy atom. The summed E-state index contributed by atoms with van der Waals surface area (Å²) in [5, 5.41) is 15.6. The van der Waals surface area contributed by atoms with E-state index in [1.54, 1.807) is 16.8 Å². The highest BCUT2D eigenvalue weighted by atomic mass is 32.1. The number of hydrogen-bond acceptors (Lipinski definition) is 7. The summed E-state index contributed by atoms with van der Waals surface area (Å²) in [7, 11) is 0. The van der Waals surface area contributed by atoms with E-state index in [9.17, 15) is 4.79 Å². The molecule has 0 unspecified atom stereocenters. The van der Waals surface area contributed by atoms with E-state index in [-0.39, 0.29) is 5.91 Å². The van der Waals surface area contributed by atoms with Gasteiger partial charge in [0.2, 0.25) is 5.13 Å². The van der Waals surface area contributed by atoms with E-state index in [2.05, 4.69) is 20.5 Å². The van der Waals surface area contributed by atoms with Gasteiger partial charge in [0.25, 0.3) is 5.91 Å². The number of thiazole rings is 1. The van der Waals surface area contributed by atoms with Gasteiger partial charge >= 0.3 is 0 Å². The molecule has 3 heterocycles.